The number of piperidine rings is 1. The molecule has 0 N–H and O–H groups in total. The fraction of sp³-hybridized carbons (Fsp3) is 0.429. The number of benzene rings is 1. The molecule has 0 aliphatic carbocycles. The van der Waals surface area contributed by atoms with Gasteiger partial charge in [-0.3, -0.25) is 14.1 Å². The third-order valence-electron chi connectivity index (χ3n) is 5.67. The molecule has 2 aliphatic heterocycles. The average Bonchev–Trinajstić information content (AvgIpc) is 3.26. The lowest BCUT2D eigenvalue weighted by molar-refractivity contribution is -0.181. The lowest BCUT2D eigenvalue weighted by Gasteiger charge is -2.37. The highest BCUT2D eigenvalue weighted by Crippen LogP contribution is 2.32. The molecule has 31 heavy (non-hydrogen) atoms. The van der Waals surface area contributed by atoms with Crippen LogP contribution in [0.15, 0.2) is 47.5 Å². The van der Waals surface area contributed by atoms with Crippen LogP contribution in [0.25, 0.3) is 0 Å². The number of amides is 1. The number of nitrogens with zero attached hydrogens (tertiary/aromatic N) is 3. The first-order chi connectivity index (χ1) is 14.8. The van der Waals surface area contributed by atoms with E-state index in [0.29, 0.717) is 50.6 Å². The zero-order valence-corrected chi connectivity index (χ0v) is 18.3. The standard InChI is InChI=1S/C21H25N3O6S/c1-23(31(26,27)18-5-3-17(28-2)4-6-18)16-7-10-22-19(15-16)20(25)24-11-8-21(9-12-24)29-13-14-30-21/h3-7,10,15H,8-9,11-14H2,1-2H3. The summed E-state index contributed by atoms with van der Waals surface area (Å²) in [5, 5.41) is 0. The monoisotopic (exact) mass is 447 g/mol. The van der Waals surface area contributed by atoms with Crippen molar-refractivity contribution in [2.75, 3.05) is 44.8 Å². The molecule has 0 saturated carbocycles. The summed E-state index contributed by atoms with van der Waals surface area (Å²) in [5.41, 5.74) is 0.545. The molecule has 3 heterocycles. The Morgan fingerprint density at radius 1 is 1.13 bits per heavy atom. The molecule has 2 aromatic rings. The molecule has 0 radical (unpaired) electrons. The number of carbonyl (C=O) groups is 1. The summed E-state index contributed by atoms with van der Waals surface area (Å²) in [4.78, 5) is 19.0. The molecular formula is C21H25N3O6S. The Bertz CT molecular complexity index is 1040. The van der Waals surface area contributed by atoms with E-state index >= 15 is 0 Å². The molecule has 0 atom stereocenters. The summed E-state index contributed by atoms with van der Waals surface area (Å²) in [5.74, 6) is -0.251. The van der Waals surface area contributed by atoms with Gasteiger partial charge < -0.3 is 19.1 Å². The van der Waals surface area contributed by atoms with Crippen molar-refractivity contribution in [1.82, 2.24) is 9.88 Å². The quantitative estimate of drug-likeness (QED) is 0.690. The number of methoxy groups -OCH3 is 1. The minimum atomic E-state index is -3.81. The fourth-order valence-electron chi connectivity index (χ4n) is 3.77. The van der Waals surface area contributed by atoms with Crippen LogP contribution < -0.4 is 9.04 Å². The molecule has 166 valence electrons. The maximum Gasteiger partial charge on any atom is 0.272 e. The largest absolute Gasteiger partial charge is 0.497 e. The second kappa shape index (κ2) is 8.45. The van der Waals surface area contributed by atoms with Gasteiger partial charge in [-0.2, -0.15) is 0 Å². The van der Waals surface area contributed by atoms with E-state index in [4.69, 9.17) is 14.2 Å². The van der Waals surface area contributed by atoms with E-state index in [1.54, 1.807) is 23.1 Å². The number of pyridine rings is 1. The van der Waals surface area contributed by atoms with Gasteiger partial charge in [0.25, 0.3) is 15.9 Å². The number of sulfonamides is 1. The van der Waals surface area contributed by atoms with Gasteiger partial charge in [0.2, 0.25) is 0 Å². The lowest BCUT2D eigenvalue weighted by Crippen LogP contribution is -2.47. The molecule has 1 aromatic carbocycles. The number of anilines is 1. The SMILES string of the molecule is COc1ccc(S(=O)(=O)N(C)c2ccnc(C(=O)N3CCC4(CC3)OCCO4)c2)cc1. The van der Waals surface area contributed by atoms with Crippen LogP contribution in [0.2, 0.25) is 0 Å². The summed E-state index contributed by atoms with van der Waals surface area (Å²) in [6, 6.07) is 9.19. The molecule has 2 fully saturated rings. The van der Waals surface area contributed by atoms with Crippen LogP contribution in [-0.4, -0.2) is 70.5 Å². The summed E-state index contributed by atoms with van der Waals surface area (Å²) >= 11 is 0. The number of likely N-dealkylation sites (tertiary alicyclic amines) is 1. The predicted octanol–water partition coefficient (Wildman–Crippen LogP) is 1.89. The van der Waals surface area contributed by atoms with Gasteiger partial charge in [-0.25, -0.2) is 8.42 Å². The first-order valence-corrected chi connectivity index (χ1v) is 11.4. The molecule has 0 bridgehead atoms. The highest BCUT2D eigenvalue weighted by molar-refractivity contribution is 7.92. The molecule has 10 heteroatoms. The van der Waals surface area contributed by atoms with Gasteiger partial charge >= 0.3 is 0 Å². The van der Waals surface area contributed by atoms with Gasteiger partial charge in [-0.1, -0.05) is 0 Å². The van der Waals surface area contributed by atoms with Crippen LogP contribution in [0.3, 0.4) is 0 Å². The molecule has 1 aromatic heterocycles. The Hall–Kier alpha value is -2.69. The van der Waals surface area contributed by atoms with Crippen LogP contribution in [0.4, 0.5) is 5.69 Å². The Morgan fingerprint density at radius 3 is 2.39 bits per heavy atom. The van der Waals surface area contributed by atoms with Crippen LogP contribution in [0.5, 0.6) is 5.75 Å². The van der Waals surface area contributed by atoms with Crippen molar-refractivity contribution in [2.45, 2.75) is 23.5 Å². The van der Waals surface area contributed by atoms with E-state index in [1.165, 1.54) is 38.6 Å². The van der Waals surface area contributed by atoms with E-state index in [-0.39, 0.29) is 16.5 Å². The smallest absolute Gasteiger partial charge is 0.272 e. The maximum atomic E-state index is 13.0. The zero-order chi connectivity index (χ0) is 22.1. The predicted molar refractivity (Wildman–Crippen MR) is 113 cm³/mol. The number of hydrogen-bond acceptors (Lipinski definition) is 7. The van der Waals surface area contributed by atoms with Crippen molar-refractivity contribution in [3.63, 3.8) is 0 Å². The first kappa shape index (κ1) is 21.5. The number of hydrogen-bond donors (Lipinski definition) is 0. The van der Waals surface area contributed by atoms with Gasteiger partial charge in [-0.15, -0.1) is 0 Å². The van der Waals surface area contributed by atoms with Crippen LogP contribution in [-0.2, 0) is 19.5 Å². The fourth-order valence-corrected chi connectivity index (χ4v) is 4.96. The number of carbonyl (C=O) groups excluding carboxylic acids is 1. The molecule has 1 spiro atoms. The van der Waals surface area contributed by atoms with Crippen LogP contribution in [0.1, 0.15) is 23.3 Å². The summed E-state index contributed by atoms with van der Waals surface area (Å²) in [6.07, 6.45) is 2.64. The van der Waals surface area contributed by atoms with Crippen molar-refractivity contribution in [2.24, 2.45) is 0 Å². The second-order valence-corrected chi connectivity index (χ2v) is 9.42. The molecular weight excluding hydrogens is 422 g/mol. The Labute approximate surface area is 181 Å². The van der Waals surface area contributed by atoms with E-state index in [0.717, 1.165) is 4.31 Å². The summed E-state index contributed by atoms with van der Waals surface area (Å²) in [7, 11) is -0.846. The highest BCUT2D eigenvalue weighted by Gasteiger charge is 2.41. The molecule has 9 nitrogen and oxygen atoms in total. The van der Waals surface area contributed by atoms with E-state index in [2.05, 4.69) is 4.98 Å². The van der Waals surface area contributed by atoms with Crippen molar-refractivity contribution in [1.29, 1.82) is 0 Å². The third kappa shape index (κ3) is 4.23. The van der Waals surface area contributed by atoms with Gasteiger partial charge in [0.1, 0.15) is 11.4 Å². The topological polar surface area (TPSA) is 98.3 Å². The lowest BCUT2D eigenvalue weighted by atomic mass is 10.0. The van der Waals surface area contributed by atoms with Crippen LogP contribution >= 0.6 is 0 Å². The molecule has 0 unspecified atom stereocenters. The summed E-state index contributed by atoms with van der Waals surface area (Å²) in [6.45, 7) is 2.13. The number of ether oxygens (including phenoxy) is 3. The minimum absolute atomic E-state index is 0.124. The Morgan fingerprint density at radius 2 is 1.77 bits per heavy atom. The van der Waals surface area contributed by atoms with E-state index in [1.807, 2.05) is 0 Å². The van der Waals surface area contributed by atoms with Crippen LogP contribution in [0, 0.1) is 0 Å². The van der Waals surface area contributed by atoms with Crippen molar-refractivity contribution in [3.05, 3.63) is 48.3 Å². The van der Waals surface area contributed by atoms with Gasteiger partial charge in [0.05, 0.1) is 30.9 Å². The summed E-state index contributed by atoms with van der Waals surface area (Å²) < 4.78 is 43.6. The second-order valence-electron chi connectivity index (χ2n) is 7.45. The Kier molecular flexibility index (Phi) is 5.87. The maximum absolute atomic E-state index is 13.0. The normalized spacial score (nSPS) is 18.2. The van der Waals surface area contributed by atoms with Crippen molar-refractivity contribution < 1.29 is 27.4 Å². The first-order valence-electron chi connectivity index (χ1n) is 10.0. The number of rotatable bonds is 5. The average molecular weight is 448 g/mol. The molecule has 1 amide bonds. The highest BCUT2D eigenvalue weighted by atomic mass is 32.2. The van der Waals surface area contributed by atoms with E-state index < -0.39 is 15.8 Å². The van der Waals surface area contributed by atoms with Gasteiger partial charge in [0, 0.05) is 39.2 Å². The zero-order valence-electron chi connectivity index (χ0n) is 17.5. The van der Waals surface area contributed by atoms with Crippen molar-refractivity contribution >= 4 is 21.6 Å². The minimum Gasteiger partial charge on any atom is -0.497 e. The molecule has 2 saturated heterocycles. The van der Waals surface area contributed by atoms with Crippen molar-refractivity contribution in [3.8, 4) is 5.75 Å². The molecule has 4 rings (SSSR count). The van der Waals surface area contributed by atoms with Gasteiger partial charge in [-0.05, 0) is 36.4 Å². The number of aromatic nitrogens is 1. The third-order valence-corrected chi connectivity index (χ3v) is 7.47. The van der Waals surface area contributed by atoms with E-state index in [9.17, 15) is 13.2 Å². The molecule has 2 aliphatic rings. The van der Waals surface area contributed by atoms with Gasteiger partial charge in [0.15, 0.2) is 5.79 Å². The Balaban J connectivity index is 1.50.